The van der Waals surface area contributed by atoms with Gasteiger partial charge in [0.2, 0.25) is 5.91 Å². The van der Waals surface area contributed by atoms with Crippen LogP contribution in [-0.2, 0) is 11.2 Å². The van der Waals surface area contributed by atoms with Crippen molar-refractivity contribution in [3.63, 3.8) is 0 Å². The van der Waals surface area contributed by atoms with E-state index in [0.717, 1.165) is 40.5 Å². The monoisotopic (exact) mass is 423 g/mol. The molecule has 3 aromatic rings. The van der Waals surface area contributed by atoms with Crippen molar-refractivity contribution in [2.45, 2.75) is 48.0 Å². The van der Waals surface area contributed by atoms with Gasteiger partial charge in [-0.25, -0.2) is 4.98 Å². The maximum Gasteiger partial charge on any atom is 0.233 e. The summed E-state index contributed by atoms with van der Waals surface area (Å²) in [5.74, 6) is 0.110. The van der Waals surface area contributed by atoms with Gasteiger partial charge in [0.25, 0.3) is 0 Å². The number of thiazole rings is 1. The van der Waals surface area contributed by atoms with Gasteiger partial charge in [-0.15, -0.1) is 0 Å². The van der Waals surface area contributed by atoms with Crippen LogP contribution in [0.5, 0.6) is 0 Å². The number of anilines is 1. The van der Waals surface area contributed by atoms with Crippen LogP contribution >= 0.6 is 11.3 Å². The minimum Gasteiger partial charge on any atom is -0.302 e. The minimum atomic E-state index is 0.110. The average Bonchev–Trinajstić information content (AvgIpc) is 3.15. The van der Waals surface area contributed by atoms with Crippen molar-refractivity contribution in [1.82, 2.24) is 9.88 Å². The molecule has 0 unspecified atom stereocenters. The number of amides is 1. The van der Waals surface area contributed by atoms with E-state index in [4.69, 9.17) is 4.98 Å². The van der Waals surface area contributed by atoms with Gasteiger partial charge in [0.1, 0.15) is 0 Å². The summed E-state index contributed by atoms with van der Waals surface area (Å²) in [5.41, 5.74) is 6.98. The Hall–Kier alpha value is -2.24. The molecule has 1 amide bonds. The number of nitrogens with zero attached hydrogens (tertiary/aromatic N) is 3. The molecule has 0 spiro atoms. The van der Waals surface area contributed by atoms with E-state index < -0.39 is 0 Å². The maximum atomic E-state index is 13.4. The van der Waals surface area contributed by atoms with Gasteiger partial charge in [0, 0.05) is 13.1 Å². The quantitative estimate of drug-likeness (QED) is 0.483. The number of carbonyl (C=O) groups excluding carboxylic acids is 1. The van der Waals surface area contributed by atoms with E-state index in [1.54, 1.807) is 11.3 Å². The zero-order valence-corrected chi connectivity index (χ0v) is 19.9. The van der Waals surface area contributed by atoms with E-state index in [-0.39, 0.29) is 5.91 Å². The predicted molar refractivity (Wildman–Crippen MR) is 129 cm³/mol. The van der Waals surface area contributed by atoms with E-state index in [2.05, 4.69) is 76.8 Å². The highest BCUT2D eigenvalue weighted by molar-refractivity contribution is 7.22. The molecule has 0 saturated heterocycles. The highest BCUT2D eigenvalue weighted by atomic mass is 32.1. The highest BCUT2D eigenvalue weighted by Gasteiger charge is 2.21. The van der Waals surface area contributed by atoms with E-state index in [1.165, 1.54) is 22.3 Å². The molecule has 0 bridgehead atoms. The Morgan fingerprint density at radius 1 is 0.933 bits per heavy atom. The summed E-state index contributed by atoms with van der Waals surface area (Å²) in [7, 11) is 0. The summed E-state index contributed by atoms with van der Waals surface area (Å²) >= 11 is 1.62. The summed E-state index contributed by atoms with van der Waals surface area (Å²) < 4.78 is 1.14. The number of fused-ring (bicyclic) bond motifs is 1. The summed E-state index contributed by atoms with van der Waals surface area (Å²) in [4.78, 5) is 22.5. The van der Waals surface area contributed by atoms with Gasteiger partial charge < -0.3 is 4.90 Å². The predicted octanol–water partition coefficient (Wildman–Crippen LogP) is 5.45. The van der Waals surface area contributed by atoms with Crippen LogP contribution < -0.4 is 4.90 Å². The SMILES string of the molecule is CCN(CC)CCN(C(=O)Cc1ccc(C)c(C)c1)c1nc2c(C)c(C)ccc2s1. The molecule has 0 aliphatic rings. The Labute approximate surface area is 184 Å². The minimum absolute atomic E-state index is 0.110. The van der Waals surface area contributed by atoms with E-state index in [1.807, 2.05) is 4.90 Å². The zero-order valence-electron chi connectivity index (χ0n) is 19.1. The molecule has 0 saturated carbocycles. The van der Waals surface area contributed by atoms with Gasteiger partial charge in [-0.3, -0.25) is 9.69 Å². The molecular formula is C25H33N3OS. The number of likely N-dealkylation sites (N-methyl/N-ethyl adjacent to an activating group) is 1. The number of rotatable bonds is 8. The van der Waals surface area contributed by atoms with Crippen molar-refractivity contribution < 1.29 is 4.79 Å². The Kier molecular flexibility index (Phi) is 7.27. The standard InChI is InChI=1S/C25H33N3OS/c1-7-27(8-2)13-14-28(23(29)16-21-11-9-17(3)19(5)15-21)25-26-24-20(6)18(4)10-12-22(24)30-25/h9-12,15H,7-8,13-14,16H2,1-6H3. The molecule has 4 nitrogen and oxygen atoms in total. The molecule has 0 aliphatic heterocycles. The normalized spacial score (nSPS) is 11.4. The number of hydrogen-bond donors (Lipinski definition) is 0. The summed E-state index contributed by atoms with van der Waals surface area (Å²) in [6.07, 6.45) is 0.396. The summed E-state index contributed by atoms with van der Waals surface area (Å²) in [5, 5.41) is 0.805. The Morgan fingerprint density at radius 3 is 2.30 bits per heavy atom. The molecule has 1 heterocycles. The Morgan fingerprint density at radius 2 is 1.63 bits per heavy atom. The lowest BCUT2D eigenvalue weighted by Gasteiger charge is -2.25. The molecule has 30 heavy (non-hydrogen) atoms. The molecule has 2 aromatic carbocycles. The first-order chi connectivity index (χ1) is 14.3. The van der Waals surface area contributed by atoms with Gasteiger partial charge in [-0.1, -0.05) is 49.4 Å². The number of benzene rings is 2. The maximum absolute atomic E-state index is 13.4. The van der Waals surface area contributed by atoms with Crippen LogP contribution in [0.1, 0.15) is 41.7 Å². The lowest BCUT2D eigenvalue weighted by molar-refractivity contribution is -0.118. The van der Waals surface area contributed by atoms with Gasteiger partial charge >= 0.3 is 0 Å². The van der Waals surface area contributed by atoms with Crippen LogP contribution in [0.3, 0.4) is 0 Å². The molecular weight excluding hydrogens is 390 g/mol. The zero-order chi connectivity index (χ0) is 21.8. The molecule has 0 N–H and O–H groups in total. The number of carbonyl (C=O) groups is 1. The van der Waals surface area contributed by atoms with E-state index >= 15 is 0 Å². The second kappa shape index (κ2) is 9.71. The van der Waals surface area contributed by atoms with Crippen molar-refractivity contribution in [2.75, 3.05) is 31.1 Å². The fourth-order valence-corrected chi connectivity index (χ4v) is 4.69. The third kappa shape index (κ3) is 4.90. The first-order valence-corrected chi connectivity index (χ1v) is 11.6. The van der Waals surface area contributed by atoms with Crippen molar-refractivity contribution in [3.05, 3.63) is 58.1 Å². The van der Waals surface area contributed by atoms with Crippen LogP contribution in [0.2, 0.25) is 0 Å². The third-order valence-electron chi connectivity index (χ3n) is 6.07. The Balaban J connectivity index is 1.92. The second-order valence-corrected chi connectivity index (χ2v) is 9.03. The molecule has 0 atom stereocenters. The van der Waals surface area contributed by atoms with E-state index in [9.17, 15) is 4.79 Å². The number of aromatic nitrogens is 1. The molecule has 160 valence electrons. The van der Waals surface area contributed by atoms with Crippen molar-refractivity contribution in [3.8, 4) is 0 Å². The van der Waals surface area contributed by atoms with E-state index in [0.29, 0.717) is 13.0 Å². The molecule has 1 aromatic heterocycles. The van der Waals surface area contributed by atoms with Crippen molar-refractivity contribution >= 4 is 32.6 Å². The second-order valence-electron chi connectivity index (χ2n) is 8.02. The topological polar surface area (TPSA) is 36.4 Å². The lowest BCUT2D eigenvalue weighted by atomic mass is 10.0. The molecule has 3 rings (SSSR count). The summed E-state index contributed by atoms with van der Waals surface area (Å²) in [6.45, 7) is 16.2. The van der Waals surface area contributed by atoms with Crippen LogP contribution in [0.4, 0.5) is 5.13 Å². The van der Waals surface area contributed by atoms with Crippen LogP contribution in [0, 0.1) is 27.7 Å². The van der Waals surface area contributed by atoms with Crippen molar-refractivity contribution in [1.29, 1.82) is 0 Å². The highest BCUT2D eigenvalue weighted by Crippen LogP contribution is 2.32. The van der Waals surface area contributed by atoms with Gasteiger partial charge in [0.15, 0.2) is 5.13 Å². The lowest BCUT2D eigenvalue weighted by Crippen LogP contribution is -2.39. The van der Waals surface area contributed by atoms with Gasteiger partial charge in [-0.05, 0) is 74.7 Å². The number of aryl methyl sites for hydroxylation is 4. The third-order valence-corrected chi connectivity index (χ3v) is 7.11. The molecule has 0 aliphatic carbocycles. The van der Waals surface area contributed by atoms with Gasteiger partial charge in [-0.2, -0.15) is 0 Å². The van der Waals surface area contributed by atoms with Crippen molar-refractivity contribution in [2.24, 2.45) is 0 Å². The fraction of sp³-hybridized carbons (Fsp3) is 0.440. The first-order valence-electron chi connectivity index (χ1n) is 10.8. The van der Waals surface area contributed by atoms with Crippen LogP contribution in [-0.4, -0.2) is 42.0 Å². The molecule has 0 radical (unpaired) electrons. The Bertz CT molecular complexity index is 1040. The van der Waals surface area contributed by atoms with Crippen LogP contribution in [0.25, 0.3) is 10.2 Å². The average molecular weight is 424 g/mol. The fourth-order valence-electron chi connectivity index (χ4n) is 3.62. The smallest absolute Gasteiger partial charge is 0.233 e. The van der Waals surface area contributed by atoms with Crippen LogP contribution in [0.15, 0.2) is 30.3 Å². The molecule has 0 fully saturated rings. The largest absolute Gasteiger partial charge is 0.302 e. The van der Waals surface area contributed by atoms with Gasteiger partial charge in [0.05, 0.1) is 16.6 Å². The summed E-state index contributed by atoms with van der Waals surface area (Å²) in [6, 6.07) is 10.5. The first kappa shape index (κ1) is 22.4. The molecule has 5 heteroatoms. The number of hydrogen-bond acceptors (Lipinski definition) is 4.